The minimum absolute atomic E-state index is 0.256. The van der Waals surface area contributed by atoms with Crippen molar-refractivity contribution >= 4 is 11.8 Å². The Morgan fingerprint density at radius 2 is 2.22 bits per heavy atom. The zero-order valence-corrected chi connectivity index (χ0v) is 11.4. The van der Waals surface area contributed by atoms with Crippen LogP contribution in [0.25, 0.3) is 0 Å². The SMILES string of the molecule is COc1ccc(CNCCSCCCO)cc1F. The number of aliphatic hydroxyl groups excluding tert-OH is 1. The van der Waals surface area contributed by atoms with E-state index in [1.54, 1.807) is 17.8 Å². The van der Waals surface area contributed by atoms with Gasteiger partial charge in [-0.3, -0.25) is 0 Å². The monoisotopic (exact) mass is 273 g/mol. The summed E-state index contributed by atoms with van der Waals surface area (Å²) >= 11 is 1.81. The van der Waals surface area contributed by atoms with E-state index in [9.17, 15) is 4.39 Å². The summed E-state index contributed by atoms with van der Waals surface area (Å²) in [6.45, 7) is 1.79. The summed E-state index contributed by atoms with van der Waals surface area (Å²) in [6, 6.07) is 4.99. The van der Waals surface area contributed by atoms with Crippen LogP contribution in [-0.2, 0) is 6.54 Å². The van der Waals surface area contributed by atoms with Gasteiger partial charge < -0.3 is 15.2 Å². The first-order valence-electron chi connectivity index (χ1n) is 5.99. The third-order valence-electron chi connectivity index (χ3n) is 2.42. The van der Waals surface area contributed by atoms with Gasteiger partial charge in [-0.2, -0.15) is 11.8 Å². The second-order valence-electron chi connectivity index (χ2n) is 3.84. The lowest BCUT2D eigenvalue weighted by Crippen LogP contribution is -2.16. The summed E-state index contributed by atoms with van der Waals surface area (Å²) < 4.78 is 18.2. The molecule has 0 amide bonds. The molecule has 0 fully saturated rings. The fourth-order valence-corrected chi connectivity index (χ4v) is 2.29. The summed E-state index contributed by atoms with van der Waals surface area (Å²) in [5, 5.41) is 11.9. The highest BCUT2D eigenvalue weighted by molar-refractivity contribution is 7.99. The van der Waals surface area contributed by atoms with Gasteiger partial charge in [0.1, 0.15) is 0 Å². The van der Waals surface area contributed by atoms with E-state index in [4.69, 9.17) is 9.84 Å². The Morgan fingerprint density at radius 3 is 2.89 bits per heavy atom. The molecule has 0 bridgehead atoms. The molecule has 0 aliphatic heterocycles. The summed E-state index contributed by atoms with van der Waals surface area (Å²) in [4.78, 5) is 0. The van der Waals surface area contributed by atoms with Gasteiger partial charge in [-0.25, -0.2) is 4.39 Å². The number of hydrogen-bond donors (Lipinski definition) is 2. The van der Waals surface area contributed by atoms with Gasteiger partial charge in [0.2, 0.25) is 0 Å². The second-order valence-corrected chi connectivity index (χ2v) is 5.06. The molecule has 1 rings (SSSR count). The predicted octanol–water partition coefficient (Wildman–Crippen LogP) is 2.04. The molecule has 0 saturated heterocycles. The van der Waals surface area contributed by atoms with Crippen molar-refractivity contribution in [1.82, 2.24) is 5.32 Å². The molecule has 1 aromatic rings. The van der Waals surface area contributed by atoms with E-state index in [1.807, 2.05) is 6.07 Å². The van der Waals surface area contributed by atoms with Crippen molar-refractivity contribution in [3.05, 3.63) is 29.6 Å². The molecule has 18 heavy (non-hydrogen) atoms. The Balaban J connectivity index is 2.17. The van der Waals surface area contributed by atoms with Gasteiger partial charge >= 0.3 is 0 Å². The maximum absolute atomic E-state index is 13.4. The third-order valence-corrected chi connectivity index (χ3v) is 3.49. The van der Waals surface area contributed by atoms with Crippen LogP contribution in [0.2, 0.25) is 0 Å². The van der Waals surface area contributed by atoms with Crippen molar-refractivity contribution in [2.45, 2.75) is 13.0 Å². The molecular formula is C13H20FNO2S. The van der Waals surface area contributed by atoms with Crippen LogP contribution < -0.4 is 10.1 Å². The van der Waals surface area contributed by atoms with Crippen molar-refractivity contribution in [2.24, 2.45) is 0 Å². The van der Waals surface area contributed by atoms with Crippen LogP contribution in [0.5, 0.6) is 5.75 Å². The highest BCUT2D eigenvalue weighted by Gasteiger charge is 2.02. The first-order valence-corrected chi connectivity index (χ1v) is 7.15. The lowest BCUT2D eigenvalue weighted by Gasteiger charge is -2.07. The lowest BCUT2D eigenvalue weighted by atomic mass is 10.2. The standard InChI is InChI=1S/C13H20FNO2S/c1-17-13-4-3-11(9-12(13)14)10-15-5-8-18-7-2-6-16/h3-4,9,15-16H,2,5-8,10H2,1H3. The Labute approximate surface area is 112 Å². The number of rotatable bonds is 9. The predicted molar refractivity (Wildman–Crippen MR) is 73.7 cm³/mol. The topological polar surface area (TPSA) is 41.5 Å². The zero-order valence-electron chi connectivity index (χ0n) is 10.6. The molecule has 0 aliphatic rings. The molecule has 0 radical (unpaired) electrons. The van der Waals surface area contributed by atoms with Crippen molar-refractivity contribution in [2.75, 3.05) is 31.8 Å². The molecule has 0 spiro atoms. The van der Waals surface area contributed by atoms with Gasteiger partial charge in [0.05, 0.1) is 7.11 Å². The van der Waals surface area contributed by atoms with E-state index in [0.29, 0.717) is 6.54 Å². The van der Waals surface area contributed by atoms with E-state index in [1.165, 1.54) is 13.2 Å². The maximum Gasteiger partial charge on any atom is 0.165 e. The fourth-order valence-electron chi connectivity index (χ4n) is 1.47. The highest BCUT2D eigenvalue weighted by atomic mass is 32.2. The molecule has 0 atom stereocenters. The van der Waals surface area contributed by atoms with Crippen LogP contribution in [0.15, 0.2) is 18.2 Å². The number of methoxy groups -OCH3 is 1. The highest BCUT2D eigenvalue weighted by Crippen LogP contribution is 2.17. The lowest BCUT2D eigenvalue weighted by molar-refractivity contribution is 0.296. The summed E-state index contributed by atoms with van der Waals surface area (Å²) in [6.07, 6.45) is 0.842. The van der Waals surface area contributed by atoms with E-state index in [-0.39, 0.29) is 18.2 Å². The average molecular weight is 273 g/mol. The average Bonchev–Trinajstić information content (AvgIpc) is 2.38. The summed E-state index contributed by atoms with van der Waals surface area (Å²) in [5.41, 5.74) is 0.911. The molecule has 0 aliphatic carbocycles. The van der Waals surface area contributed by atoms with Crippen LogP contribution in [0.4, 0.5) is 4.39 Å². The van der Waals surface area contributed by atoms with Gasteiger partial charge in [-0.15, -0.1) is 0 Å². The molecule has 3 nitrogen and oxygen atoms in total. The largest absolute Gasteiger partial charge is 0.494 e. The fraction of sp³-hybridized carbons (Fsp3) is 0.538. The van der Waals surface area contributed by atoms with E-state index < -0.39 is 0 Å². The van der Waals surface area contributed by atoms with Crippen molar-refractivity contribution in [3.8, 4) is 5.75 Å². The van der Waals surface area contributed by atoms with Crippen molar-refractivity contribution in [3.63, 3.8) is 0 Å². The Morgan fingerprint density at radius 1 is 1.39 bits per heavy atom. The second kappa shape index (κ2) is 9.19. The molecule has 1 aromatic carbocycles. The van der Waals surface area contributed by atoms with E-state index >= 15 is 0 Å². The summed E-state index contributed by atoms with van der Waals surface area (Å²) in [7, 11) is 1.46. The number of ether oxygens (including phenoxy) is 1. The minimum atomic E-state index is -0.325. The number of hydrogen-bond acceptors (Lipinski definition) is 4. The Hall–Kier alpha value is -0.780. The number of nitrogens with one attached hydrogen (secondary N) is 1. The summed E-state index contributed by atoms with van der Waals surface area (Å²) in [5.74, 6) is 1.93. The molecular weight excluding hydrogens is 253 g/mol. The molecule has 102 valence electrons. The van der Waals surface area contributed by atoms with Gasteiger partial charge in [-0.1, -0.05) is 6.07 Å². The number of halogens is 1. The zero-order chi connectivity index (χ0) is 13.2. The normalized spacial score (nSPS) is 10.6. The van der Waals surface area contributed by atoms with Crippen LogP contribution in [0.3, 0.4) is 0 Å². The molecule has 0 saturated carbocycles. The van der Waals surface area contributed by atoms with Crippen molar-refractivity contribution in [1.29, 1.82) is 0 Å². The number of aliphatic hydroxyl groups is 1. The Kier molecular flexibility index (Phi) is 7.80. The first-order chi connectivity index (χ1) is 8.77. The van der Waals surface area contributed by atoms with Gasteiger partial charge in [0.25, 0.3) is 0 Å². The van der Waals surface area contributed by atoms with Gasteiger partial charge in [0.15, 0.2) is 11.6 Å². The Bertz CT molecular complexity index is 350. The minimum Gasteiger partial charge on any atom is -0.494 e. The number of thioether (sulfide) groups is 1. The molecule has 0 aromatic heterocycles. The van der Waals surface area contributed by atoms with Crippen LogP contribution in [-0.4, -0.2) is 36.9 Å². The quantitative estimate of drug-likeness (QED) is 0.676. The number of benzene rings is 1. The van der Waals surface area contributed by atoms with Crippen LogP contribution >= 0.6 is 11.8 Å². The van der Waals surface area contributed by atoms with Crippen molar-refractivity contribution < 1.29 is 14.2 Å². The molecule has 0 heterocycles. The smallest absolute Gasteiger partial charge is 0.165 e. The first kappa shape index (κ1) is 15.3. The van der Waals surface area contributed by atoms with Crippen LogP contribution in [0.1, 0.15) is 12.0 Å². The van der Waals surface area contributed by atoms with E-state index in [2.05, 4.69) is 5.32 Å². The van der Waals surface area contributed by atoms with E-state index in [0.717, 1.165) is 30.0 Å². The van der Waals surface area contributed by atoms with Gasteiger partial charge in [-0.05, 0) is 29.9 Å². The third kappa shape index (κ3) is 5.71. The molecule has 2 N–H and O–H groups in total. The van der Waals surface area contributed by atoms with Crippen LogP contribution in [0, 0.1) is 5.82 Å². The molecule has 0 unspecified atom stereocenters. The van der Waals surface area contributed by atoms with Gasteiger partial charge in [0, 0.05) is 25.4 Å². The maximum atomic E-state index is 13.4. The molecule has 5 heteroatoms.